The lowest BCUT2D eigenvalue weighted by Crippen LogP contribution is -2.12. The highest BCUT2D eigenvalue weighted by atomic mass is 32.2. The number of rotatable bonds is 14. The fourth-order valence-corrected chi connectivity index (χ4v) is 9.05. The van der Waals surface area contributed by atoms with Crippen molar-refractivity contribution in [2.45, 2.75) is 105 Å². The van der Waals surface area contributed by atoms with Crippen LogP contribution in [0, 0.1) is 40.2 Å². The number of thioether (sulfide) groups is 1. The molecule has 5 atom stereocenters. The summed E-state index contributed by atoms with van der Waals surface area (Å²) in [6.07, 6.45) is 6.40. The first-order chi connectivity index (χ1) is 26.2. The number of alkyl halides is 3. The molecule has 1 aliphatic carbocycles. The van der Waals surface area contributed by atoms with Crippen LogP contribution in [0.1, 0.15) is 103 Å². The molecule has 0 bridgehead atoms. The highest BCUT2D eigenvalue weighted by molar-refractivity contribution is 7.99. The molecule has 2 aliphatic rings. The minimum absolute atomic E-state index is 0.125. The van der Waals surface area contributed by atoms with Crippen LogP contribution < -0.4 is 11.1 Å². The Balaban J connectivity index is 0.000000223. The lowest BCUT2D eigenvalue weighted by atomic mass is 9.93. The normalized spacial score (nSPS) is 18.9. The molecule has 5 unspecified atom stereocenters. The predicted molar refractivity (Wildman–Crippen MR) is 218 cm³/mol. The average molecular weight is 805 g/mol. The molecule has 2 aromatic carbocycles. The maximum Gasteiger partial charge on any atom is 0.418 e. The number of aromatic nitrogens is 3. The number of nitrogens with one attached hydrogen (secondary N) is 1. The number of nitroso groups, excluding NO2 is 1. The number of hydrogen-bond donors (Lipinski definition) is 2. The summed E-state index contributed by atoms with van der Waals surface area (Å²) < 4.78 is 63.6. The maximum absolute atomic E-state index is 14.9. The topological polar surface area (TPSA) is 106 Å². The van der Waals surface area contributed by atoms with Crippen molar-refractivity contribution in [3.63, 3.8) is 0 Å². The summed E-state index contributed by atoms with van der Waals surface area (Å²) in [7, 11) is 0. The molecule has 1 saturated carbocycles. The first-order valence-corrected chi connectivity index (χ1v) is 21.1. The monoisotopic (exact) mass is 804 g/mol. The molecule has 6 rings (SSSR count). The van der Waals surface area contributed by atoms with Crippen LogP contribution in [0.3, 0.4) is 0 Å². The van der Waals surface area contributed by atoms with Gasteiger partial charge in [-0.3, -0.25) is 0 Å². The number of hydrogen-bond acceptors (Lipinski definition) is 9. The van der Waals surface area contributed by atoms with Gasteiger partial charge in [-0.1, -0.05) is 92.2 Å². The molecule has 14 heteroatoms. The molecule has 0 spiro atoms. The van der Waals surface area contributed by atoms with Crippen LogP contribution in [-0.2, 0) is 6.18 Å². The molecular formula is C41H53F5N6OS2. The Bertz CT molecular complexity index is 1830. The molecule has 1 aliphatic heterocycles. The minimum Gasteiger partial charge on any atom is -0.396 e. The van der Waals surface area contributed by atoms with Crippen LogP contribution in [0.15, 0.2) is 53.8 Å². The van der Waals surface area contributed by atoms with E-state index in [2.05, 4.69) is 51.8 Å². The predicted octanol–water partition coefficient (Wildman–Crippen LogP) is 13.2. The fourth-order valence-electron chi connectivity index (χ4n) is 6.28. The summed E-state index contributed by atoms with van der Waals surface area (Å²) in [4.78, 5) is 24.8. The van der Waals surface area contributed by atoms with E-state index in [0.717, 1.165) is 57.8 Å². The number of thiazole rings is 1. The van der Waals surface area contributed by atoms with Crippen molar-refractivity contribution in [1.29, 1.82) is 0 Å². The zero-order valence-corrected chi connectivity index (χ0v) is 34.1. The lowest BCUT2D eigenvalue weighted by molar-refractivity contribution is -0.137. The first-order valence-electron chi connectivity index (χ1n) is 19.2. The number of nitrogen functional groups attached to an aromatic ring is 1. The third-order valence-electron chi connectivity index (χ3n) is 10.4. The first kappa shape index (κ1) is 44.1. The van der Waals surface area contributed by atoms with Crippen molar-refractivity contribution >= 4 is 40.4 Å². The SMILES string of the molecule is CCC(C)c1nc(-c2cccc(N)c2F)c(-c2ccnc(NC3C4CSCC43)n2)s1.CCCCC(C)CCC(C)CC.O=Nc1c(F)cccc1C(F)(F)F. The Labute approximate surface area is 329 Å². The molecule has 300 valence electrons. The summed E-state index contributed by atoms with van der Waals surface area (Å²) in [5, 5.41) is 6.47. The Morgan fingerprint density at radius 2 is 1.62 bits per heavy atom. The number of nitrogens with two attached hydrogens (primary N) is 1. The van der Waals surface area contributed by atoms with E-state index in [0.29, 0.717) is 29.3 Å². The van der Waals surface area contributed by atoms with Crippen LogP contribution in [-0.4, -0.2) is 32.5 Å². The van der Waals surface area contributed by atoms with E-state index >= 15 is 0 Å². The third kappa shape index (κ3) is 11.9. The van der Waals surface area contributed by atoms with E-state index in [-0.39, 0.29) is 11.6 Å². The third-order valence-corrected chi connectivity index (χ3v) is 12.9. The Kier molecular flexibility index (Phi) is 16.4. The van der Waals surface area contributed by atoms with E-state index in [1.807, 2.05) is 23.0 Å². The number of benzene rings is 2. The molecule has 3 heterocycles. The van der Waals surface area contributed by atoms with Gasteiger partial charge in [0.2, 0.25) is 5.95 Å². The van der Waals surface area contributed by atoms with E-state index < -0.39 is 29.1 Å². The van der Waals surface area contributed by atoms with E-state index in [9.17, 15) is 26.9 Å². The van der Waals surface area contributed by atoms with Crippen molar-refractivity contribution in [2.24, 2.45) is 28.8 Å². The summed E-state index contributed by atoms with van der Waals surface area (Å²) in [6, 6.07) is 9.61. The smallest absolute Gasteiger partial charge is 0.396 e. The molecule has 2 fully saturated rings. The second-order valence-electron chi connectivity index (χ2n) is 14.6. The summed E-state index contributed by atoms with van der Waals surface area (Å²) in [5.41, 5.74) is 5.18. The average Bonchev–Trinajstić information content (AvgIpc) is 3.49. The maximum atomic E-state index is 14.9. The van der Waals surface area contributed by atoms with Crippen LogP contribution in [0.5, 0.6) is 0 Å². The van der Waals surface area contributed by atoms with Gasteiger partial charge in [0.1, 0.15) is 0 Å². The van der Waals surface area contributed by atoms with Gasteiger partial charge < -0.3 is 11.1 Å². The molecule has 7 nitrogen and oxygen atoms in total. The minimum atomic E-state index is -4.76. The molecule has 0 radical (unpaired) electrons. The molecule has 3 N–H and O–H groups in total. The van der Waals surface area contributed by atoms with E-state index in [1.54, 1.807) is 35.7 Å². The van der Waals surface area contributed by atoms with Crippen molar-refractivity contribution in [2.75, 3.05) is 22.6 Å². The zero-order valence-electron chi connectivity index (χ0n) is 32.4. The van der Waals surface area contributed by atoms with Crippen molar-refractivity contribution in [3.8, 4) is 21.8 Å². The number of unbranched alkanes of at least 4 members (excludes halogenated alkanes) is 1. The van der Waals surface area contributed by atoms with Crippen LogP contribution in [0.4, 0.5) is 39.3 Å². The molecular weight excluding hydrogens is 752 g/mol. The van der Waals surface area contributed by atoms with Gasteiger partial charge in [-0.2, -0.15) is 24.9 Å². The molecule has 4 aromatic rings. The van der Waals surface area contributed by atoms with Crippen LogP contribution in [0.2, 0.25) is 0 Å². The molecule has 0 amide bonds. The zero-order chi connectivity index (χ0) is 40.3. The number of halogens is 5. The fraction of sp³-hybridized carbons (Fsp3) is 0.537. The lowest BCUT2D eigenvalue weighted by Gasteiger charge is -2.13. The number of anilines is 2. The second-order valence-corrected chi connectivity index (χ2v) is 16.7. The second kappa shape index (κ2) is 20.5. The summed E-state index contributed by atoms with van der Waals surface area (Å²) >= 11 is 3.60. The van der Waals surface area contributed by atoms with Gasteiger partial charge in [0, 0.05) is 23.7 Å². The van der Waals surface area contributed by atoms with Gasteiger partial charge in [0.25, 0.3) is 0 Å². The van der Waals surface area contributed by atoms with Crippen LogP contribution >= 0.6 is 23.1 Å². The van der Waals surface area contributed by atoms with Gasteiger partial charge in [-0.15, -0.1) is 16.2 Å². The largest absolute Gasteiger partial charge is 0.418 e. The van der Waals surface area contributed by atoms with Gasteiger partial charge in [-0.05, 0) is 77.1 Å². The molecule has 1 saturated heterocycles. The van der Waals surface area contributed by atoms with Gasteiger partial charge in [0.05, 0.1) is 32.5 Å². The van der Waals surface area contributed by atoms with Gasteiger partial charge >= 0.3 is 6.18 Å². The standard InChI is InChI=1S/C22H24FN5S2.C12H26.C7H3F4NO/c1-3-11(2)21-27-19(12-5-4-6-15(24)17(12)23)20(30-21)16-7-8-25-22(26-16)28-18-13-9-29-10-14(13)18;1-5-7-8-12(4)10-9-11(3)6-2;8-5-3-1-2-4(6(5)12-13)7(9,10)11/h4-8,11,13-14,18H,3,9-10,24H2,1-2H3,(H,25,26,28);11-12H,5-10H2,1-4H3;1-3H. The molecule has 55 heavy (non-hydrogen) atoms. The quantitative estimate of drug-likeness (QED) is 0.0742. The summed E-state index contributed by atoms with van der Waals surface area (Å²) in [6.45, 7) is 13.6. The van der Waals surface area contributed by atoms with Crippen molar-refractivity contribution in [1.82, 2.24) is 15.0 Å². The highest BCUT2D eigenvalue weighted by Gasteiger charge is 2.53. The Morgan fingerprint density at radius 1 is 0.927 bits per heavy atom. The van der Waals surface area contributed by atoms with Gasteiger partial charge in [-0.25, -0.2) is 23.7 Å². The van der Waals surface area contributed by atoms with Crippen molar-refractivity contribution < 1.29 is 22.0 Å². The molecule has 2 aromatic heterocycles. The highest BCUT2D eigenvalue weighted by Crippen LogP contribution is 2.51. The number of nitrogens with zero attached hydrogens (tertiary/aromatic N) is 4. The Morgan fingerprint density at radius 3 is 2.24 bits per heavy atom. The van der Waals surface area contributed by atoms with E-state index in [1.165, 1.54) is 50.0 Å². The summed E-state index contributed by atoms with van der Waals surface area (Å²) in [5.74, 6) is 5.01. The van der Waals surface area contributed by atoms with Gasteiger partial charge in [0.15, 0.2) is 17.3 Å². The van der Waals surface area contributed by atoms with E-state index in [4.69, 9.17) is 15.7 Å². The van der Waals surface area contributed by atoms with Crippen LogP contribution in [0.25, 0.3) is 21.8 Å². The number of fused-ring (bicyclic) bond motifs is 1. The Hall–Kier alpha value is -3.65. The van der Waals surface area contributed by atoms with Crippen molar-refractivity contribution in [3.05, 3.63) is 75.8 Å².